The second kappa shape index (κ2) is 18.1. The molecule has 0 aromatic rings. The number of fused-ring (bicyclic) bond motifs is 12. The van der Waals surface area contributed by atoms with Crippen molar-refractivity contribution in [1.29, 1.82) is 0 Å². The number of carbonyl (C=O) groups excluding carboxylic acids is 1. The Bertz CT molecular complexity index is 2200. The number of aliphatic hydroxyl groups excluding tert-OH is 5. The van der Waals surface area contributed by atoms with Gasteiger partial charge in [-0.2, -0.15) is 0 Å². The van der Waals surface area contributed by atoms with Gasteiger partial charge in [-0.15, -0.1) is 0 Å². The van der Waals surface area contributed by atoms with Gasteiger partial charge in [-0.25, -0.2) is 0 Å². The predicted octanol–water partition coefficient (Wildman–Crippen LogP) is 9.62. The summed E-state index contributed by atoms with van der Waals surface area (Å²) >= 11 is 0. The molecule has 0 aromatic carbocycles. The number of allylic oxidation sites excluding steroid dienone is 3. The van der Waals surface area contributed by atoms with Gasteiger partial charge >= 0.3 is 0 Å². The number of carbonyl (C=O) groups is 1. The molecule has 1 radical (unpaired) electrons. The van der Waals surface area contributed by atoms with E-state index in [1.54, 1.807) is 0 Å². The van der Waals surface area contributed by atoms with E-state index in [1.807, 2.05) is 6.08 Å². The molecule has 3 heterocycles. The molecular formula is C60H86AcO9. The largest absolute Gasteiger partial charge is 0.512 e. The van der Waals surface area contributed by atoms with Crippen LogP contribution in [-0.2, 0) is 19.0 Å². The summed E-state index contributed by atoms with van der Waals surface area (Å²) < 4.78 is 18.0. The maximum Gasteiger partial charge on any atom is 0.139 e. The Morgan fingerprint density at radius 3 is 1.90 bits per heavy atom. The number of aliphatic hydroxyl groups is 5. The van der Waals surface area contributed by atoms with Crippen molar-refractivity contribution < 1.29 is 88.6 Å². The van der Waals surface area contributed by atoms with Gasteiger partial charge in [0.05, 0.1) is 69.8 Å². The van der Waals surface area contributed by atoms with Crippen molar-refractivity contribution in [2.24, 2.45) is 104 Å². The van der Waals surface area contributed by atoms with Crippen molar-refractivity contribution in [3.63, 3.8) is 0 Å². The molecule has 22 atom stereocenters. The Kier molecular flexibility index (Phi) is 13.0. The molecule has 11 fully saturated rings. The molecule has 3 aliphatic heterocycles. The van der Waals surface area contributed by atoms with E-state index >= 15 is 0 Å². The minimum absolute atomic E-state index is 0. The zero-order valence-electron chi connectivity index (χ0n) is 42.9. The number of hydrogen-bond donors (Lipinski definition) is 5. The summed E-state index contributed by atoms with van der Waals surface area (Å²) in [4.78, 5) is 12.5. The van der Waals surface area contributed by atoms with Crippen LogP contribution in [0.1, 0.15) is 149 Å². The van der Waals surface area contributed by atoms with Crippen LogP contribution < -0.4 is 0 Å². The van der Waals surface area contributed by atoms with E-state index in [9.17, 15) is 30.3 Å². The van der Waals surface area contributed by atoms with E-state index in [4.69, 9.17) is 14.2 Å². The van der Waals surface area contributed by atoms with Gasteiger partial charge in [0.25, 0.3) is 0 Å². The normalized spacial score (nSPS) is 54.9. The van der Waals surface area contributed by atoms with Crippen LogP contribution in [-0.4, -0.2) is 95.4 Å². The molecule has 0 amide bonds. The van der Waals surface area contributed by atoms with E-state index in [1.165, 1.54) is 61.7 Å². The summed E-state index contributed by atoms with van der Waals surface area (Å²) in [5.74, 6) is 7.90. The second-order valence-corrected chi connectivity index (χ2v) is 27.6. The maximum absolute atomic E-state index is 12.5. The molecule has 8 saturated carbocycles. The Morgan fingerprint density at radius 2 is 1.16 bits per heavy atom. The first-order valence-corrected chi connectivity index (χ1v) is 28.6. The molecule has 15 aliphatic rings. The molecule has 22 unspecified atom stereocenters. The number of ketones is 1. The number of rotatable bonds is 0. The van der Waals surface area contributed by atoms with E-state index in [2.05, 4.69) is 39.0 Å². The summed E-state index contributed by atoms with van der Waals surface area (Å²) in [7, 11) is 0. The van der Waals surface area contributed by atoms with Crippen molar-refractivity contribution in [1.82, 2.24) is 0 Å². The molecule has 0 aromatic heterocycles. The number of Topliss-reactive ketones (excluding diaryl/α,β-unsaturated/α-hetero) is 1. The fourth-order valence-electron chi connectivity index (χ4n) is 21.6. The molecule has 6 bridgehead atoms. The van der Waals surface area contributed by atoms with Crippen LogP contribution >= 0.6 is 0 Å². The number of ether oxygens (including phenoxy) is 3. The van der Waals surface area contributed by atoms with Crippen LogP contribution in [0.25, 0.3) is 0 Å². The topological polar surface area (TPSA) is 146 Å². The molecule has 15 rings (SSSR count). The molecule has 10 heteroatoms. The van der Waals surface area contributed by atoms with Gasteiger partial charge < -0.3 is 39.7 Å². The van der Waals surface area contributed by atoms with Crippen molar-refractivity contribution in [2.75, 3.05) is 39.6 Å². The van der Waals surface area contributed by atoms with E-state index in [0.29, 0.717) is 77.3 Å². The van der Waals surface area contributed by atoms with E-state index < -0.39 is 0 Å². The van der Waals surface area contributed by atoms with Crippen molar-refractivity contribution in [3.8, 4) is 0 Å². The molecule has 12 aliphatic carbocycles. The first kappa shape index (κ1) is 50.4. The van der Waals surface area contributed by atoms with Gasteiger partial charge in [0.1, 0.15) is 5.78 Å². The summed E-state index contributed by atoms with van der Waals surface area (Å²) in [6.07, 6.45) is 30.4. The Morgan fingerprint density at radius 1 is 0.571 bits per heavy atom. The van der Waals surface area contributed by atoms with E-state index in [-0.39, 0.29) is 107 Å². The van der Waals surface area contributed by atoms with Crippen LogP contribution in [0, 0.1) is 148 Å². The van der Waals surface area contributed by atoms with Gasteiger partial charge in [0, 0.05) is 89.9 Å². The van der Waals surface area contributed by atoms with Crippen LogP contribution in [0.5, 0.6) is 0 Å². The Labute approximate surface area is 454 Å². The number of hydrogen-bond acceptors (Lipinski definition) is 9. The van der Waals surface area contributed by atoms with Gasteiger partial charge in [-0.3, -0.25) is 4.79 Å². The van der Waals surface area contributed by atoms with Crippen LogP contribution in [0.2, 0.25) is 0 Å². The predicted molar refractivity (Wildman–Crippen MR) is 262 cm³/mol. The summed E-state index contributed by atoms with van der Waals surface area (Å²) in [6.45, 7) is 11.6. The molecule has 383 valence electrons. The minimum Gasteiger partial charge on any atom is -0.512 e. The molecule has 5 N–H and O–H groups in total. The summed E-state index contributed by atoms with van der Waals surface area (Å²) in [5, 5.41) is 52.2. The van der Waals surface area contributed by atoms with Crippen molar-refractivity contribution in [2.45, 2.75) is 174 Å². The first-order chi connectivity index (χ1) is 33.1. The van der Waals surface area contributed by atoms with Crippen LogP contribution in [0.15, 0.2) is 46.8 Å². The van der Waals surface area contributed by atoms with Crippen molar-refractivity contribution >= 4 is 5.78 Å². The standard InChI is InChI=1S/2C20H30O3.C20H26O3.Ac/c3*1-19-7-6-16-14(15(19)4-5-18(19)22)3-2-13-8-17(21)12-9-20(13,16)11-23-10-12;/h8,12,14-18,21-22H,2-7,9-11H2,1H3;2,12,14-18,21-22H,3-11H2,1H3;2,8,12,14-16,21H,3-7,9-11H2,1H3;. The van der Waals surface area contributed by atoms with Gasteiger partial charge in [-0.1, -0.05) is 50.1 Å². The van der Waals surface area contributed by atoms with Crippen molar-refractivity contribution in [3.05, 3.63) is 46.8 Å². The zero-order chi connectivity index (χ0) is 47.5. The fourth-order valence-corrected chi connectivity index (χ4v) is 21.6. The molecular weight excluding hydrogens is 1090 g/mol. The summed E-state index contributed by atoms with van der Waals surface area (Å²) in [5.41, 5.74) is 5.08. The SMILES string of the molecule is CC12CCC3C(CC=C4C=C(O)C5COCC43C5)C1CCC2=O.CC12CCC3C(CC=C4CC(O)C5COCC43C5)C1CCC2O.CC12CCC3C(CCC4=CC(O)C5COCC43C5)C1CCC2O.[Ac]. The van der Waals surface area contributed by atoms with Gasteiger partial charge in [-0.05, 0) is 198 Å². The molecule has 3 saturated heterocycles. The van der Waals surface area contributed by atoms with Crippen LogP contribution in [0.4, 0.5) is 0 Å². The maximum atomic E-state index is 12.5. The zero-order valence-corrected chi connectivity index (χ0v) is 47.6. The molecule has 9 nitrogen and oxygen atoms in total. The third-order valence-corrected chi connectivity index (χ3v) is 25.4. The minimum atomic E-state index is -0.294. The fraction of sp³-hybridized carbons (Fsp3) is 0.850. The van der Waals surface area contributed by atoms with Gasteiger partial charge in [0.2, 0.25) is 0 Å². The second-order valence-electron chi connectivity index (χ2n) is 27.6. The smallest absolute Gasteiger partial charge is 0.139 e. The average Bonchev–Trinajstić information content (AvgIpc) is 3.95. The van der Waals surface area contributed by atoms with Crippen LogP contribution in [0.3, 0.4) is 0 Å². The molecule has 70 heavy (non-hydrogen) atoms. The first-order valence-electron chi connectivity index (χ1n) is 28.6. The van der Waals surface area contributed by atoms with E-state index in [0.717, 1.165) is 122 Å². The monoisotopic (exact) mass is 1180 g/mol. The third kappa shape index (κ3) is 7.23. The van der Waals surface area contributed by atoms with Gasteiger partial charge in [0.15, 0.2) is 0 Å². The third-order valence-electron chi connectivity index (χ3n) is 25.4. The molecule has 3 spiro atoms. The summed E-state index contributed by atoms with van der Waals surface area (Å²) in [6, 6.07) is 0. The Balaban J connectivity index is 0.000000107. The Hall–Kier alpha value is -0.408. The quantitative estimate of drug-likeness (QED) is 0.150. The average molecular weight is 1180 g/mol.